The van der Waals surface area contributed by atoms with E-state index in [9.17, 15) is 19.2 Å². The van der Waals surface area contributed by atoms with Crippen LogP contribution in [0.5, 0.6) is 0 Å². The molecule has 324 valence electrons. The lowest BCUT2D eigenvalue weighted by atomic mass is 10.3. The fraction of sp³-hybridized carbons (Fsp3) is 0.100. The van der Waals surface area contributed by atoms with Crippen LogP contribution in [0, 0.1) is 0 Å². The summed E-state index contributed by atoms with van der Waals surface area (Å²) in [6.07, 6.45) is 6.82. The van der Waals surface area contributed by atoms with Gasteiger partial charge in [-0.15, -0.1) is 26.3 Å². The lowest BCUT2D eigenvalue weighted by Crippen LogP contribution is -2.10. The highest BCUT2D eigenvalue weighted by atomic mass is 128. The highest BCUT2D eigenvalue weighted by Crippen LogP contribution is 2.44. The van der Waals surface area contributed by atoms with E-state index in [1.807, 2.05) is 97.1 Å². The number of rotatable bonds is 16. The van der Waals surface area contributed by atoms with Crippen molar-refractivity contribution in [3.63, 3.8) is 0 Å². The number of carbonyl (C=O) groups excluding carboxylic acids is 3. The Bertz CT molecular complexity index is 1850. The molecule has 10 nitrogen and oxygen atoms in total. The Labute approximate surface area is 407 Å². The summed E-state index contributed by atoms with van der Waals surface area (Å²) < 4.78 is 9.09. The molecule has 0 radical (unpaired) electrons. The number of amides is 2. The van der Waals surface area contributed by atoms with Gasteiger partial charge in [0.2, 0.25) is 26.3 Å². The Morgan fingerprint density at radius 3 is 1.12 bits per heavy atom. The molecule has 2 amide bonds. The molecule has 0 aromatic heterocycles. The molecule has 0 saturated heterocycles. The Morgan fingerprint density at radius 1 is 0.583 bits per heavy atom. The smallest absolute Gasteiger partial charge is 0.307 e. The second-order valence-corrected chi connectivity index (χ2v) is 17.8. The summed E-state index contributed by atoms with van der Waals surface area (Å²) in [4.78, 5) is 46.9. The molecule has 0 saturated carbocycles. The minimum atomic E-state index is -1.67. The number of hydrogen-bond donors (Lipinski definition) is 5. The Hall–Kier alpha value is -2.60. The van der Waals surface area contributed by atoms with Gasteiger partial charge in [0, 0.05) is 109 Å². The highest BCUT2D eigenvalue weighted by molar-refractivity contribution is 15.0. The first-order valence-corrected chi connectivity index (χ1v) is 30.3. The minimum absolute atomic E-state index is 0.0556. The first-order valence-electron chi connectivity index (χ1n) is 16.6. The maximum atomic E-state index is 11.8. The van der Waals surface area contributed by atoms with Crippen molar-refractivity contribution in [1.29, 1.82) is 0 Å². The number of nitrogens with two attached hydrogens (primary N) is 2. The molecule has 4 aromatic rings. The van der Waals surface area contributed by atoms with Crippen LogP contribution in [-0.2, 0) is 28.4 Å². The summed E-state index contributed by atoms with van der Waals surface area (Å²) in [7, 11) is 13.6. The highest BCUT2D eigenvalue weighted by Gasteiger charge is 2.10. The van der Waals surface area contributed by atoms with Crippen molar-refractivity contribution in [2.24, 2.45) is 0 Å². The van der Waals surface area contributed by atoms with E-state index in [0.717, 1.165) is 42.3 Å². The number of carboxylic acid groups (broad SMARTS) is 1. The third kappa shape index (κ3) is 32.2. The molecule has 0 unspecified atom stereocenters. The summed E-state index contributed by atoms with van der Waals surface area (Å²) in [5.41, 5.74) is 14.8. The summed E-state index contributed by atoms with van der Waals surface area (Å²) >= 11 is 9.11. The number of anilines is 4. The number of hydrogen-bond acceptors (Lipinski definition) is 11. The van der Waals surface area contributed by atoms with Gasteiger partial charge in [-0.05, 0) is 60.1 Å². The van der Waals surface area contributed by atoms with E-state index < -0.39 is 15.2 Å². The number of halogens is 5. The molecule has 0 bridgehead atoms. The largest absolute Gasteiger partial charge is 0.481 e. The molecule has 0 heterocycles. The van der Waals surface area contributed by atoms with Crippen molar-refractivity contribution in [3.05, 3.63) is 148 Å². The number of nitrogen functional groups attached to an aromatic ring is 2. The lowest BCUT2D eigenvalue weighted by molar-refractivity contribution is -0.136. The molecular formula is C40H43Cl3I2N4O6S5. The molecule has 0 aliphatic heterocycles. The van der Waals surface area contributed by atoms with Gasteiger partial charge < -0.3 is 27.2 Å². The Balaban J connectivity index is 0. The monoisotopic (exact) mass is 1190 g/mol. The van der Waals surface area contributed by atoms with Crippen LogP contribution in [0.25, 0.3) is 0 Å². The van der Waals surface area contributed by atoms with Crippen LogP contribution in [0.2, 0.25) is 0 Å². The van der Waals surface area contributed by atoms with Crippen molar-refractivity contribution in [1.82, 2.24) is 0 Å². The maximum Gasteiger partial charge on any atom is 0.307 e. The first-order chi connectivity index (χ1) is 28.7. The zero-order valence-corrected chi connectivity index (χ0v) is 42.4. The van der Waals surface area contributed by atoms with Gasteiger partial charge in [0.15, 0.2) is 0 Å². The van der Waals surface area contributed by atoms with E-state index in [1.165, 1.54) is 33.7 Å². The van der Waals surface area contributed by atoms with E-state index in [2.05, 4.69) is 95.5 Å². The van der Waals surface area contributed by atoms with Crippen molar-refractivity contribution < 1.29 is 28.5 Å². The van der Waals surface area contributed by atoms with E-state index >= 15 is 0 Å². The van der Waals surface area contributed by atoms with Gasteiger partial charge in [-0.3, -0.25) is 19.2 Å². The number of carbonyl (C=O) groups is 4. The SMILES string of the molecule is C=CCC(=O)Cl.C=CCC(=O)Nc1ccccc1SSc1ccccc1NC(=O)CC=C.C=CCC(=O)O.II.Nc1ccccc1SSc1ccccc1N.O=S(Cl)Cl. The molecular weight excluding hydrogens is 1150 g/mol. The van der Waals surface area contributed by atoms with Gasteiger partial charge in [-0.2, -0.15) is 0 Å². The number of para-hydroxylation sites is 4. The molecule has 0 aliphatic rings. The first kappa shape index (κ1) is 59.5. The lowest BCUT2D eigenvalue weighted by Gasteiger charge is -2.12. The van der Waals surface area contributed by atoms with Crippen molar-refractivity contribution in [2.75, 3.05) is 22.1 Å². The van der Waals surface area contributed by atoms with Crippen LogP contribution in [0.15, 0.2) is 167 Å². The van der Waals surface area contributed by atoms with E-state index in [-0.39, 0.29) is 42.7 Å². The second kappa shape index (κ2) is 39.3. The van der Waals surface area contributed by atoms with E-state index in [1.54, 1.807) is 33.7 Å². The predicted octanol–water partition coefficient (Wildman–Crippen LogP) is 14.0. The van der Waals surface area contributed by atoms with Gasteiger partial charge in [-0.25, -0.2) is 4.21 Å². The third-order valence-electron chi connectivity index (χ3n) is 5.89. The van der Waals surface area contributed by atoms with Crippen LogP contribution < -0.4 is 22.1 Å². The van der Waals surface area contributed by atoms with E-state index in [4.69, 9.17) is 32.4 Å². The van der Waals surface area contributed by atoms with E-state index in [0.29, 0.717) is 0 Å². The topological polar surface area (TPSA) is 182 Å². The van der Waals surface area contributed by atoms with Crippen molar-refractivity contribution in [3.8, 4) is 0 Å². The van der Waals surface area contributed by atoms with Crippen LogP contribution >= 0.6 is 113 Å². The number of carboxylic acids is 1. The average Bonchev–Trinajstić information content (AvgIpc) is 3.20. The molecule has 0 atom stereocenters. The quantitative estimate of drug-likeness (QED) is 0.0236. The molecule has 60 heavy (non-hydrogen) atoms. The summed E-state index contributed by atoms with van der Waals surface area (Å²) in [5, 5.41) is 13.3. The summed E-state index contributed by atoms with van der Waals surface area (Å²) in [6.45, 7) is 13.7. The number of benzene rings is 4. The standard InChI is InChI=1S/C20H20N2O2S2.C12H12N2S2.C4H5ClO.C4H6O2.Cl2OS.I2/c1-3-9-19(23)21-15-11-5-7-13-17(15)25-26-18-14-8-6-12-16(18)22-20(24)10-4-2;13-9-5-1-3-7-11(9)15-16-12-8-4-2-6-10(12)14;2*1-2-3-4(5)6;1-4(2)3;1-2/h3-8,11-14H,1-2,9-10H2,(H,21,23)(H,22,24);1-8H,13-14H2;2H,1,3H2;2H,1,3H2,(H,5,6);;. The van der Waals surface area contributed by atoms with Crippen LogP contribution in [-0.4, -0.2) is 32.3 Å². The fourth-order valence-corrected chi connectivity index (χ4v) is 8.09. The van der Waals surface area contributed by atoms with Crippen LogP contribution in [0.1, 0.15) is 25.7 Å². The molecule has 20 heteroatoms. The number of aliphatic carboxylic acids is 1. The fourth-order valence-electron chi connectivity index (χ4n) is 3.48. The zero-order valence-electron chi connectivity index (χ0n) is 31.8. The van der Waals surface area contributed by atoms with Crippen molar-refractivity contribution >= 4 is 168 Å². The maximum absolute atomic E-state index is 11.8. The van der Waals surface area contributed by atoms with Crippen LogP contribution in [0.3, 0.4) is 0 Å². The minimum Gasteiger partial charge on any atom is -0.481 e. The van der Waals surface area contributed by atoms with Gasteiger partial charge >= 0.3 is 5.97 Å². The van der Waals surface area contributed by atoms with Gasteiger partial charge in [-0.1, -0.05) is 116 Å². The summed E-state index contributed by atoms with van der Waals surface area (Å²) in [6, 6.07) is 30.8. The van der Waals surface area contributed by atoms with Gasteiger partial charge in [0.1, 0.15) is 0 Å². The van der Waals surface area contributed by atoms with Crippen LogP contribution in [0.4, 0.5) is 22.7 Å². The Kier molecular flexibility index (Phi) is 38.9. The summed E-state index contributed by atoms with van der Waals surface area (Å²) in [5.74, 6) is -1.03. The zero-order chi connectivity index (χ0) is 45.7. The normalized spacial score (nSPS) is 9.23. The molecule has 4 rings (SSSR count). The molecule has 0 fully saturated rings. The molecule has 4 aromatic carbocycles. The molecule has 7 N–H and O–H groups in total. The average molecular weight is 1200 g/mol. The number of allylic oxidation sites excluding steroid dienone is 1. The molecule has 0 aliphatic carbocycles. The van der Waals surface area contributed by atoms with Gasteiger partial charge in [0.25, 0.3) is 0 Å². The van der Waals surface area contributed by atoms with Gasteiger partial charge in [0.05, 0.1) is 17.8 Å². The van der Waals surface area contributed by atoms with Crippen molar-refractivity contribution in [2.45, 2.75) is 45.3 Å². The number of nitrogens with one attached hydrogen (secondary N) is 2. The predicted molar refractivity (Wildman–Crippen MR) is 281 cm³/mol. The third-order valence-corrected chi connectivity index (χ3v) is 11.0. The Morgan fingerprint density at radius 2 is 0.867 bits per heavy atom. The second-order valence-electron chi connectivity index (χ2n) is 10.4. The molecule has 0 spiro atoms.